The SMILES string of the molecule is CCC(NCCC#N)OC. The zero-order chi connectivity index (χ0) is 7.82. The van der Waals surface area contributed by atoms with E-state index in [9.17, 15) is 0 Å². The van der Waals surface area contributed by atoms with Crippen LogP contribution in [0.3, 0.4) is 0 Å². The monoisotopic (exact) mass is 142 g/mol. The highest BCUT2D eigenvalue weighted by atomic mass is 16.5. The molecule has 0 spiro atoms. The molecule has 0 aromatic carbocycles. The summed E-state index contributed by atoms with van der Waals surface area (Å²) >= 11 is 0. The average molecular weight is 142 g/mol. The van der Waals surface area contributed by atoms with Crippen molar-refractivity contribution in [1.29, 1.82) is 5.26 Å². The summed E-state index contributed by atoms with van der Waals surface area (Å²) in [5, 5.41) is 11.3. The van der Waals surface area contributed by atoms with Gasteiger partial charge in [-0.25, -0.2) is 0 Å². The standard InChI is InChI=1S/C7H14N2O/c1-3-7(10-2)9-6-4-5-8/h7,9H,3-4,6H2,1-2H3. The highest BCUT2D eigenvalue weighted by molar-refractivity contribution is 4.70. The van der Waals surface area contributed by atoms with Crippen LogP contribution >= 0.6 is 0 Å². The van der Waals surface area contributed by atoms with E-state index in [1.54, 1.807) is 7.11 Å². The van der Waals surface area contributed by atoms with Crippen LogP contribution in [0.25, 0.3) is 0 Å². The minimum Gasteiger partial charge on any atom is -0.367 e. The van der Waals surface area contributed by atoms with Gasteiger partial charge in [0.15, 0.2) is 0 Å². The zero-order valence-electron chi connectivity index (χ0n) is 6.55. The number of nitriles is 1. The summed E-state index contributed by atoms with van der Waals surface area (Å²) in [6.45, 7) is 2.75. The number of nitrogens with one attached hydrogen (secondary N) is 1. The second kappa shape index (κ2) is 6.53. The Balaban J connectivity index is 3.19. The van der Waals surface area contributed by atoms with Gasteiger partial charge in [0, 0.05) is 20.1 Å². The summed E-state index contributed by atoms with van der Waals surface area (Å²) in [4.78, 5) is 0. The minimum atomic E-state index is 0.105. The number of methoxy groups -OCH3 is 1. The van der Waals surface area contributed by atoms with Crippen molar-refractivity contribution < 1.29 is 4.74 Å². The lowest BCUT2D eigenvalue weighted by Gasteiger charge is -2.12. The maximum absolute atomic E-state index is 8.19. The van der Waals surface area contributed by atoms with Crippen LogP contribution in [-0.4, -0.2) is 19.9 Å². The number of hydrogen-bond donors (Lipinski definition) is 1. The highest BCUT2D eigenvalue weighted by Crippen LogP contribution is 1.89. The summed E-state index contributed by atoms with van der Waals surface area (Å²) in [5.74, 6) is 0. The van der Waals surface area contributed by atoms with Crippen LogP contribution in [0.1, 0.15) is 19.8 Å². The lowest BCUT2D eigenvalue weighted by molar-refractivity contribution is 0.0718. The average Bonchev–Trinajstić information content (AvgIpc) is 1.99. The normalized spacial score (nSPS) is 12.5. The Morgan fingerprint density at radius 2 is 2.40 bits per heavy atom. The summed E-state index contributed by atoms with van der Waals surface area (Å²) < 4.78 is 5.03. The number of nitrogens with zero attached hydrogens (tertiary/aromatic N) is 1. The number of rotatable bonds is 5. The molecule has 0 bridgehead atoms. The van der Waals surface area contributed by atoms with E-state index in [0.717, 1.165) is 6.42 Å². The van der Waals surface area contributed by atoms with E-state index in [-0.39, 0.29) is 6.23 Å². The van der Waals surface area contributed by atoms with Crippen LogP contribution in [-0.2, 0) is 4.74 Å². The molecule has 3 heteroatoms. The minimum absolute atomic E-state index is 0.105. The molecule has 1 unspecified atom stereocenters. The Hall–Kier alpha value is -0.590. The Bertz CT molecular complexity index is 105. The quantitative estimate of drug-likeness (QED) is 0.457. The topological polar surface area (TPSA) is 45.0 Å². The van der Waals surface area contributed by atoms with E-state index < -0.39 is 0 Å². The molecule has 0 aromatic heterocycles. The molecular formula is C7H14N2O. The van der Waals surface area contributed by atoms with Crippen LogP contribution < -0.4 is 5.32 Å². The molecule has 1 N–H and O–H groups in total. The first-order valence-corrected chi connectivity index (χ1v) is 3.48. The van der Waals surface area contributed by atoms with Gasteiger partial charge in [-0.05, 0) is 6.42 Å². The van der Waals surface area contributed by atoms with Gasteiger partial charge in [-0.2, -0.15) is 5.26 Å². The Kier molecular flexibility index (Phi) is 6.14. The van der Waals surface area contributed by atoms with E-state index in [0.29, 0.717) is 13.0 Å². The summed E-state index contributed by atoms with van der Waals surface area (Å²) in [6.07, 6.45) is 1.58. The molecule has 0 saturated heterocycles. The predicted molar refractivity (Wildman–Crippen MR) is 39.3 cm³/mol. The molecule has 0 aromatic rings. The third-order valence-electron chi connectivity index (χ3n) is 1.26. The van der Waals surface area contributed by atoms with Crippen molar-refractivity contribution in [1.82, 2.24) is 5.32 Å². The first-order chi connectivity index (χ1) is 4.85. The molecule has 0 aliphatic heterocycles. The molecule has 0 amide bonds. The molecule has 58 valence electrons. The van der Waals surface area contributed by atoms with Gasteiger partial charge < -0.3 is 4.74 Å². The van der Waals surface area contributed by atoms with Crippen LogP contribution in [0.4, 0.5) is 0 Å². The van der Waals surface area contributed by atoms with Crippen molar-refractivity contribution in [2.45, 2.75) is 26.0 Å². The number of hydrogen-bond acceptors (Lipinski definition) is 3. The molecule has 0 aliphatic rings. The fourth-order valence-electron chi connectivity index (χ4n) is 0.683. The van der Waals surface area contributed by atoms with Gasteiger partial charge in [0.25, 0.3) is 0 Å². The van der Waals surface area contributed by atoms with Gasteiger partial charge in [0.2, 0.25) is 0 Å². The highest BCUT2D eigenvalue weighted by Gasteiger charge is 1.99. The summed E-state index contributed by atoms with van der Waals surface area (Å²) in [7, 11) is 1.66. The van der Waals surface area contributed by atoms with Crippen LogP contribution in [0.2, 0.25) is 0 Å². The maximum atomic E-state index is 8.19. The van der Waals surface area contributed by atoms with Crippen LogP contribution in [0.15, 0.2) is 0 Å². The van der Waals surface area contributed by atoms with Crippen LogP contribution in [0, 0.1) is 11.3 Å². The van der Waals surface area contributed by atoms with Gasteiger partial charge in [-0.1, -0.05) is 6.92 Å². The van der Waals surface area contributed by atoms with Gasteiger partial charge in [0.05, 0.1) is 6.07 Å². The fourth-order valence-corrected chi connectivity index (χ4v) is 0.683. The largest absolute Gasteiger partial charge is 0.367 e. The molecule has 3 nitrogen and oxygen atoms in total. The fraction of sp³-hybridized carbons (Fsp3) is 0.857. The van der Waals surface area contributed by atoms with Crippen molar-refractivity contribution in [3.63, 3.8) is 0 Å². The van der Waals surface area contributed by atoms with E-state index in [1.807, 2.05) is 6.92 Å². The van der Waals surface area contributed by atoms with Crippen molar-refractivity contribution in [3.8, 4) is 6.07 Å². The Morgan fingerprint density at radius 3 is 2.80 bits per heavy atom. The second-order valence-corrected chi connectivity index (χ2v) is 1.99. The lowest BCUT2D eigenvalue weighted by atomic mass is 10.4. The van der Waals surface area contributed by atoms with Gasteiger partial charge in [-0.15, -0.1) is 0 Å². The van der Waals surface area contributed by atoms with Crippen LogP contribution in [0.5, 0.6) is 0 Å². The third kappa shape index (κ3) is 4.30. The third-order valence-corrected chi connectivity index (χ3v) is 1.26. The maximum Gasteiger partial charge on any atom is 0.107 e. The lowest BCUT2D eigenvalue weighted by Crippen LogP contribution is -2.30. The first-order valence-electron chi connectivity index (χ1n) is 3.48. The molecule has 0 rings (SSSR count). The van der Waals surface area contributed by atoms with E-state index in [1.165, 1.54) is 0 Å². The van der Waals surface area contributed by atoms with E-state index in [2.05, 4.69) is 11.4 Å². The molecular weight excluding hydrogens is 128 g/mol. The van der Waals surface area contributed by atoms with Crippen molar-refractivity contribution in [3.05, 3.63) is 0 Å². The van der Waals surface area contributed by atoms with Gasteiger partial charge in [-0.3, -0.25) is 5.32 Å². The molecule has 0 saturated carbocycles. The van der Waals surface area contributed by atoms with Crippen molar-refractivity contribution in [2.24, 2.45) is 0 Å². The molecule has 0 heterocycles. The summed E-state index contributed by atoms with van der Waals surface area (Å²) in [6, 6.07) is 2.05. The molecule has 0 fully saturated rings. The Labute approximate surface area is 62.0 Å². The van der Waals surface area contributed by atoms with Crippen molar-refractivity contribution >= 4 is 0 Å². The van der Waals surface area contributed by atoms with E-state index >= 15 is 0 Å². The summed E-state index contributed by atoms with van der Waals surface area (Å²) in [5.41, 5.74) is 0. The Morgan fingerprint density at radius 1 is 1.70 bits per heavy atom. The van der Waals surface area contributed by atoms with Crippen molar-refractivity contribution in [2.75, 3.05) is 13.7 Å². The second-order valence-electron chi connectivity index (χ2n) is 1.99. The smallest absolute Gasteiger partial charge is 0.107 e. The molecule has 10 heavy (non-hydrogen) atoms. The number of ether oxygens (including phenoxy) is 1. The first kappa shape index (κ1) is 9.41. The van der Waals surface area contributed by atoms with Gasteiger partial charge in [0.1, 0.15) is 6.23 Å². The molecule has 0 aliphatic carbocycles. The predicted octanol–water partition coefficient (Wildman–Crippen LogP) is 0.872. The zero-order valence-corrected chi connectivity index (χ0v) is 6.55. The van der Waals surface area contributed by atoms with Gasteiger partial charge >= 0.3 is 0 Å². The molecule has 0 radical (unpaired) electrons. The molecule has 1 atom stereocenters. The van der Waals surface area contributed by atoms with E-state index in [4.69, 9.17) is 10.00 Å².